The highest BCUT2D eigenvalue weighted by molar-refractivity contribution is 5.74. The molecule has 2 N–H and O–H groups in total. The number of carboxylic acid groups (broad SMARTS) is 1. The summed E-state index contributed by atoms with van der Waals surface area (Å²) in [6.07, 6.45) is -0.608. The normalized spacial score (nSPS) is 10.6. The first kappa shape index (κ1) is 17.7. The van der Waals surface area contributed by atoms with Gasteiger partial charge in [0, 0.05) is 12.5 Å². The fraction of sp³-hybridized carbons (Fsp3) is 0.375. The SMILES string of the molecule is CCCCc1nc2ccc(OCC(CNC(=O)O)=C(F)F)cc2o1. The fourth-order valence-electron chi connectivity index (χ4n) is 2.00. The van der Waals surface area contributed by atoms with Gasteiger partial charge in [0.1, 0.15) is 17.9 Å². The van der Waals surface area contributed by atoms with Gasteiger partial charge in [0.15, 0.2) is 11.5 Å². The first-order chi connectivity index (χ1) is 11.5. The average Bonchev–Trinajstić information content (AvgIpc) is 2.94. The second-order valence-corrected chi connectivity index (χ2v) is 5.15. The molecule has 0 aliphatic heterocycles. The van der Waals surface area contributed by atoms with Gasteiger partial charge in [0.2, 0.25) is 0 Å². The van der Waals surface area contributed by atoms with E-state index in [4.69, 9.17) is 14.3 Å². The van der Waals surface area contributed by atoms with Crippen molar-refractivity contribution in [2.24, 2.45) is 0 Å². The van der Waals surface area contributed by atoms with E-state index in [1.165, 1.54) is 0 Å². The Balaban J connectivity index is 2.03. The number of hydrogen-bond donors (Lipinski definition) is 2. The molecule has 2 aromatic rings. The lowest BCUT2D eigenvalue weighted by molar-refractivity contribution is 0.195. The minimum Gasteiger partial charge on any atom is -0.489 e. The Morgan fingerprint density at radius 1 is 1.42 bits per heavy atom. The molecule has 6 nitrogen and oxygen atoms in total. The third-order valence-electron chi connectivity index (χ3n) is 3.28. The molecule has 1 aromatic heterocycles. The van der Waals surface area contributed by atoms with Crippen molar-refractivity contribution in [3.05, 3.63) is 35.7 Å². The number of rotatable bonds is 8. The third kappa shape index (κ3) is 4.94. The number of nitrogens with one attached hydrogen (secondary N) is 1. The molecule has 0 radical (unpaired) electrons. The second-order valence-electron chi connectivity index (χ2n) is 5.15. The highest BCUT2D eigenvalue weighted by Gasteiger charge is 2.11. The summed E-state index contributed by atoms with van der Waals surface area (Å²) >= 11 is 0. The molecule has 130 valence electrons. The zero-order valence-electron chi connectivity index (χ0n) is 13.1. The molecule has 1 amide bonds. The van der Waals surface area contributed by atoms with Gasteiger partial charge in [-0.2, -0.15) is 8.78 Å². The summed E-state index contributed by atoms with van der Waals surface area (Å²) in [5, 5.41) is 10.4. The van der Waals surface area contributed by atoms with Crippen LogP contribution >= 0.6 is 0 Å². The van der Waals surface area contributed by atoms with Crippen LogP contribution in [0.5, 0.6) is 5.75 Å². The Bertz CT molecular complexity index is 739. The van der Waals surface area contributed by atoms with E-state index in [0.29, 0.717) is 22.7 Å². The van der Waals surface area contributed by atoms with Gasteiger partial charge in [-0.05, 0) is 18.6 Å². The zero-order chi connectivity index (χ0) is 17.5. The summed E-state index contributed by atoms with van der Waals surface area (Å²) in [5.41, 5.74) is 0.764. The molecule has 1 aromatic carbocycles. The smallest absolute Gasteiger partial charge is 0.404 e. The molecular formula is C16H18F2N2O4. The standard InChI is InChI=1S/C16H18F2N2O4/c1-2-3-4-14-20-12-6-5-11(7-13(12)24-14)23-9-10(15(17)18)8-19-16(21)22/h5-7,19H,2-4,8-9H2,1H3,(H,21,22). The Morgan fingerprint density at radius 3 is 2.88 bits per heavy atom. The number of ether oxygens (including phenoxy) is 1. The largest absolute Gasteiger partial charge is 0.489 e. The number of nitrogens with zero attached hydrogens (tertiary/aromatic N) is 1. The van der Waals surface area contributed by atoms with Crippen LogP contribution in [0, 0.1) is 0 Å². The molecule has 0 bridgehead atoms. The molecular weight excluding hydrogens is 322 g/mol. The van der Waals surface area contributed by atoms with Crippen LogP contribution < -0.4 is 10.1 Å². The van der Waals surface area contributed by atoms with E-state index < -0.39 is 30.9 Å². The van der Waals surface area contributed by atoms with E-state index in [2.05, 4.69) is 11.9 Å². The summed E-state index contributed by atoms with van der Waals surface area (Å²) in [4.78, 5) is 14.7. The Hall–Kier alpha value is -2.64. The van der Waals surface area contributed by atoms with Crippen LogP contribution in [0.25, 0.3) is 11.1 Å². The Morgan fingerprint density at radius 2 is 2.21 bits per heavy atom. The van der Waals surface area contributed by atoms with Crippen molar-refractivity contribution >= 4 is 17.2 Å². The zero-order valence-corrected chi connectivity index (χ0v) is 13.1. The van der Waals surface area contributed by atoms with Gasteiger partial charge in [-0.3, -0.25) is 0 Å². The van der Waals surface area contributed by atoms with Gasteiger partial charge in [-0.15, -0.1) is 0 Å². The number of fused-ring (bicyclic) bond motifs is 1. The predicted octanol–water partition coefficient (Wildman–Crippen LogP) is 3.97. The number of unbranched alkanes of at least 4 members (excludes halogenated alkanes) is 1. The number of hydrogen-bond acceptors (Lipinski definition) is 4. The Kier molecular flexibility index (Phi) is 6.11. The van der Waals surface area contributed by atoms with Crippen molar-refractivity contribution in [2.45, 2.75) is 26.2 Å². The predicted molar refractivity (Wildman–Crippen MR) is 83.4 cm³/mol. The number of aromatic nitrogens is 1. The maximum absolute atomic E-state index is 12.8. The minimum absolute atomic E-state index is 0.342. The van der Waals surface area contributed by atoms with Gasteiger partial charge >= 0.3 is 6.09 Å². The van der Waals surface area contributed by atoms with Crippen LogP contribution in [0.2, 0.25) is 0 Å². The van der Waals surface area contributed by atoms with Crippen molar-refractivity contribution in [1.29, 1.82) is 0 Å². The van der Waals surface area contributed by atoms with Crippen molar-refractivity contribution in [3.63, 3.8) is 0 Å². The van der Waals surface area contributed by atoms with Gasteiger partial charge in [-0.25, -0.2) is 9.78 Å². The highest BCUT2D eigenvalue weighted by atomic mass is 19.3. The maximum Gasteiger partial charge on any atom is 0.404 e. The molecule has 0 saturated carbocycles. The molecule has 0 saturated heterocycles. The van der Waals surface area contributed by atoms with Crippen molar-refractivity contribution in [3.8, 4) is 5.75 Å². The van der Waals surface area contributed by atoms with E-state index in [-0.39, 0.29) is 0 Å². The lowest BCUT2D eigenvalue weighted by Crippen LogP contribution is -2.25. The minimum atomic E-state index is -1.97. The first-order valence-electron chi connectivity index (χ1n) is 7.51. The first-order valence-corrected chi connectivity index (χ1v) is 7.51. The third-order valence-corrected chi connectivity index (χ3v) is 3.28. The second kappa shape index (κ2) is 8.28. The highest BCUT2D eigenvalue weighted by Crippen LogP contribution is 2.23. The number of benzene rings is 1. The van der Waals surface area contributed by atoms with E-state index in [9.17, 15) is 13.6 Å². The van der Waals surface area contributed by atoms with Crippen molar-refractivity contribution in [2.75, 3.05) is 13.2 Å². The number of oxazole rings is 1. The van der Waals surface area contributed by atoms with Crippen LogP contribution in [0.15, 0.2) is 34.3 Å². The van der Waals surface area contributed by atoms with Gasteiger partial charge in [-0.1, -0.05) is 13.3 Å². The molecule has 0 spiro atoms. The molecule has 1 heterocycles. The molecule has 2 rings (SSSR count). The van der Waals surface area contributed by atoms with Gasteiger partial charge in [0.25, 0.3) is 6.08 Å². The van der Waals surface area contributed by atoms with Crippen molar-refractivity contribution in [1.82, 2.24) is 10.3 Å². The van der Waals surface area contributed by atoms with Crippen LogP contribution in [0.1, 0.15) is 25.7 Å². The summed E-state index contributed by atoms with van der Waals surface area (Å²) in [7, 11) is 0. The molecule has 0 atom stereocenters. The number of halogens is 2. The van der Waals surface area contributed by atoms with Crippen LogP contribution in [0.3, 0.4) is 0 Å². The topological polar surface area (TPSA) is 84.6 Å². The molecule has 24 heavy (non-hydrogen) atoms. The Labute approximate surface area is 137 Å². The lowest BCUT2D eigenvalue weighted by atomic mass is 10.2. The molecule has 8 heteroatoms. The summed E-state index contributed by atoms with van der Waals surface area (Å²) in [6, 6.07) is 4.87. The number of aryl methyl sites for hydroxylation is 1. The van der Waals surface area contributed by atoms with E-state index in [1.807, 2.05) is 5.32 Å². The van der Waals surface area contributed by atoms with E-state index >= 15 is 0 Å². The summed E-state index contributed by atoms with van der Waals surface area (Å²) < 4.78 is 36.4. The molecule has 0 aliphatic carbocycles. The van der Waals surface area contributed by atoms with E-state index in [1.54, 1.807) is 18.2 Å². The number of carbonyl (C=O) groups is 1. The van der Waals surface area contributed by atoms with Crippen LogP contribution in [-0.2, 0) is 6.42 Å². The maximum atomic E-state index is 12.8. The van der Waals surface area contributed by atoms with Crippen molar-refractivity contribution < 1.29 is 27.8 Å². The summed E-state index contributed by atoms with van der Waals surface area (Å²) in [5.74, 6) is 0.972. The molecule has 0 fully saturated rings. The van der Waals surface area contributed by atoms with E-state index in [0.717, 1.165) is 19.3 Å². The summed E-state index contributed by atoms with van der Waals surface area (Å²) in [6.45, 7) is 1.15. The van der Waals surface area contributed by atoms with Gasteiger partial charge < -0.3 is 19.6 Å². The van der Waals surface area contributed by atoms with Crippen LogP contribution in [-0.4, -0.2) is 29.3 Å². The molecule has 0 unspecified atom stereocenters. The quantitative estimate of drug-likeness (QED) is 0.759. The number of amides is 1. The average molecular weight is 340 g/mol. The van der Waals surface area contributed by atoms with Crippen LogP contribution in [0.4, 0.5) is 13.6 Å². The fourth-order valence-corrected chi connectivity index (χ4v) is 2.00. The lowest BCUT2D eigenvalue weighted by Gasteiger charge is -2.09. The van der Waals surface area contributed by atoms with Gasteiger partial charge in [0.05, 0.1) is 12.1 Å². The monoisotopic (exact) mass is 340 g/mol. The molecule has 0 aliphatic rings.